The number of hydrogen-bond donors (Lipinski definition) is 1. The third-order valence-corrected chi connectivity index (χ3v) is 10.7. The summed E-state index contributed by atoms with van der Waals surface area (Å²) in [4.78, 5) is 44.0. The lowest BCUT2D eigenvalue weighted by molar-refractivity contribution is -0.150. The van der Waals surface area contributed by atoms with Gasteiger partial charge in [-0.15, -0.1) is 12.4 Å². The summed E-state index contributed by atoms with van der Waals surface area (Å²) >= 11 is 0. The average molecular weight is 795 g/mol. The first-order chi connectivity index (χ1) is 27.5. The predicted octanol–water partition coefficient (Wildman–Crippen LogP) is 7.54. The molecular formula is C43H47ClN6O7. The first-order valence-electron chi connectivity index (χ1n) is 19.5. The zero-order chi connectivity index (χ0) is 38.3. The first-order valence-corrected chi connectivity index (χ1v) is 19.5. The summed E-state index contributed by atoms with van der Waals surface area (Å²) in [5, 5.41) is 9.23. The fourth-order valence-electron chi connectivity index (χ4n) is 7.85. The minimum atomic E-state index is -0.808. The highest BCUT2D eigenvalue weighted by Crippen LogP contribution is 2.31. The monoisotopic (exact) mass is 794 g/mol. The van der Waals surface area contributed by atoms with Crippen LogP contribution in [0.1, 0.15) is 50.5 Å². The molecule has 4 atom stereocenters. The van der Waals surface area contributed by atoms with Gasteiger partial charge in [-0.1, -0.05) is 42.5 Å². The number of nitrogens with zero attached hydrogens (tertiary/aromatic N) is 6. The molecule has 3 aliphatic rings. The topological polar surface area (TPSA) is 148 Å². The van der Waals surface area contributed by atoms with Gasteiger partial charge in [-0.3, -0.25) is 9.88 Å². The Kier molecular flexibility index (Phi) is 12.9. The quantitative estimate of drug-likeness (QED) is 0.136. The van der Waals surface area contributed by atoms with Crippen LogP contribution in [0.3, 0.4) is 0 Å². The molecule has 13 nitrogen and oxygen atoms in total. The second-order valence-corrected chi connectivity index (χ2v) is 14.5. The van der Waals surface area contributed by atoms with Gasteiger partial charge >= 0.3 is 11.9 Å². The Morgan fingerprint density at radius 2 is 1.32 bits per heavy atom. The highest BCUT2D eigenvalue weighted by Gasteiger charge is 2.39. The van der Waals surface area contributed by atoms with Gasteiger partial charge in [0.2, 0.25) is 0 Å². The molecule has 0 saturated carbocycles. The second-order valence-electron chi connectivity index (χ2n) is 14.5. The Hall–Kier alpha value is -5.66. The van der Waals surface area contributed by atoms with Crippen LogP contribution < -0.4 is 14.5 Å². The van der Waals surface area contributed by atoms with Crippen molar-refractivity contribution in [1.82, 2.24) is 19.9 Å². The van der Waals surface area contributed by atoms with Crippen LogP contribution in [0.4, 0.5) is 12.0 Å². The van der Waals surface area contributed by atoms with Crippen molar-refractivity contribution < 1.29 is 33.0 Å². The number of carboxylic acids is 1. The maximum absolute atomic E-state index is 13.5. The van der Waals surface area contributed by atoms with Crippen LogP contribution in [-0.4, -0.2) is 87.4 Å². The summed E-state index contributed by atoms with van der Waals surface area (Å²) in [6, 6.07) is 29.2. The molecule has 0 radical (unpaired) electrons. The summed E-state index contributed by atoms with van der Waals surface area (Å²) < 4.78 is 23.9. The summed E-state index contributed by atoms with van der Waals surface area (Å²) in [7, 11) is 0. The van der Waals surface area contributed by atoms with E-state index in [1.165, 1.54) is 5.56 Å². The van der Waals surface area contributed by atoms with E-state index in [4.69, 9.17) is 18.3 Å². The standard InChI is InChI=1S/C30H32N4O4.C13H14N2O3.ClH/c35-29(27-11-6-7-17-34(27)30-32-26-10-4-5-12-28(26)38-30)37-25-18-23(21-36-24-8-2-1-3-9-24)33(20-25)19-22-13-15-31-16-14-22;16-12(17)10-6-3-4-8-15(10)13-14-9-5-1-2-7-11(9)18-13;/h1-5,8-10,12-16,23,25,27H,6-7,11,17-21H2;1-2,5,7,10H,3-4,6,8H2,(H,16,17);1H/t23-,25-,27-;10-;/m00./s1. The van der Waals surface area contributed by atoms with Crippen LogP contribution in [0, 0.1) is 0 Å². The maximum Gasteiger partial charge on any atom is 0.329 e. The van der Waals surface area contributed by atoms with E-state index in [-0.39, 0.29) is 30.5 Å². The van der Waals surface area contributed by atoms with E-state index >= 15 is 0 Å². The molecule has 3 aromatic heterocycles. The van der Waals surface area contributed by atoms with Crippen LogP contribution in [0.2, 0.25) is 0 Å². The Balaban J connectivity index is 0.000000219. The lowest BCUT2D eigenvalue weighted by Crippen LogP contribution is -2.47. The molecule has 0 spiro atoms. The smallest absolute Gasteiger partial charge is 0.329 e. The van der Waals surface area contributed by atoms with Crippen LogP contribution in [0.15, 0.2) is 112 Å². The van der Waals surface area contributed by atoms with E-state index in [2.05, 4.69) is 19.9 Å². The van der Waals surface area contributed by atoms with Gasteiger partial charge in [0.15, 0.2) is 11.2 Å². The van der Waals surface area contributed by atoms with E-state index in [0.717, 1.165) is 74.0 Å². The number of para-hydroxylation sites is 5. The SMILES string of the molecule is Cl.O=C(O)[C@@H]1CCCCN1c1nc2ccccc2o1.O=C(O[C@H]1C[C@@H](COc2ccccc2)N(Cc2ccncc2)C1)[C@@H]1CCCCN1c1nc2ccccc2o1. The van der Waals surface area contributed by atoms with Crippen molar-refractivity contribution in [3.05, 3.63) is 109 Å². The number of likely N-dealkylation sites (tertiary alicyclic amines) is 1. The van der Waals surface area contributed by atoms with Crippen molar-refractivity contribution in [1.29, 1.82) is 0 Å². The van der Waals surface area contributed by atoms with Gasteiger partial charge in [0.25, 0.3) is 12.0 Å². The first kappa shape index (κ1) is 39.6. The number of piperidine rings is 2. The Morgan fingerprint density at radius 1 is 0.737 bits per heavy atom. The minimum absolute atomic E-state index is 0. The van der Waals surface area contributed by atoms with Crippen molar-refractivity contribution in [2.24, 2.45) is 0 Å². The van der Waals surface area contributed by atoms with Crippen LogP contribution in [0.25, 0.3) is 22.2 Å². The normalized spacial score (nSPS) is 21.1. The number of halogens is 1. The van der Waals surface area contributed by atoms with E-state index < -0.39 is 18.1 Å². The molecule has 9 rings (SSSR count). The molecule has 3 aliphatic heterocycles. The number of ether oxygens (including phenoxy) is 2. The molecule has 0 aliphatic carbocycles. The highest BCUT2D eigenvalue weighted by molar-refractivity contribution is 5.85. The number of aliphatic carboxylic acids is 1. The van der Waals surface area contributed by atoms with E-state index in [1.54, 1.807) is 4.90 Å². The Labute approximate surface area is 337 Å². The molecule has 0 bridgehead atoms. The average Bonchev–Trinajstić information content (AvgIpc) is 3.98. The van der Waals surface area contributed by atoms with Gasteiger partial charge in [-0.2, -0.15) is 9.97 Å². The summed E-state index contributed by atoms with van der Waals surface area (Å²) in [5.74, 6) is -0.171. The molecule has 3 fully saturated rings. The third-order valence-electron chi connectivity index (χ3n) is 10.7. The van der Waals surface area contributed by atoms with Gasteiger partial charge in [0.1, 0.15) is 41.6 Å². The number of benzene rings is 3. The van der Waals surface area contributed by atoms with Crippen LogP contribution in [0.5, 0.6) is 5.75 Å². The van der Waals surface area contributed by atoms with E-state index in [1.807, 2.05) is 108 Å². The fourth-order valence-corrected chi connectivity index (χ4v) is 7.85. The number of oxazole rings is 2. The van der Waals surface area contributed by atoms with Crippen LogP contribution in [-0.2, 0) is 20.9 Å². The molecule has 6 heterocycles. The third kappa shape index (κ3) is 9.49. The van der Waals surface area contributed by atoms with Gasteiger partial charge in [0, 0.05) is 51.0 Å². The number of pyridine rings is 1. The molecule has 14 heteroatoms. The molecular weight excluding hydrogens is 748 g/mol. The van der Waals surface area contributed by atoms with Gasteiger partial charge < -0.3 is 33.2 Å². The summed E-state index contributed by atoms with van der Waals surface area (Å²) in [5.41, 5.74) is 4.16. The number of carboxylic acid groups (broad SMARTS) is 1. The lowest BCUT2D eigenvalue weighted by atomic mass is 10.0. The van der Waals surface area contributed by atoms with Gasteiger partial charge in [0.05, 0.1) is 0 Å². The Bertz CT molecular complexity index is 2150. The van der Waals surface area contributed by atoms with Gasteiger partial charge in [-0.25, -0.2) is 9.59 Å². The largest absolute Gasteiger partial charge is 0.492 e. The number of carbonyl (C=O) groups is 2. The van der Waals surface area contributed by atoms with Crippen molar-refractivity contribution >= 4 is 58.6 Å². The molecule has 0 unspecified atom stereocenters. The van der Waals surface area contributed by atoms with E-state index in [9.17, 15) is 14.7 Å². The van der Waals surface area contributed by atoms with Crippen molar-refractivity contribution in [2.75, 3.05) is 36.0 Å². The summed E-state index contributed by atoms with van der Waals surface area (Å²) in [6.45, 7) is 3.34. The van der Waals surface area contributed by atoms with E-state index in [0.29, 0.717) is 43.7 Å². The van der Waals surface area contributed by atoms with Crippen LogP contribution >= 0.6 is 12.4 Å². The van der Waals surface area contributed by atoms with Gasteiger partial charge in [-0.05, 0) is 92.6 Å². The number of hydrogen-bond acceptors (Lipinski definition) is 12. The molecule has 3 aromatic carbocycles. The number of carbonyl (C=O) groups excluding carboxylic acids is 1. The zero-order valence-corrected chi connectivity index (χ0v) is 32.4. The van der Waals surface area contributed by atoms with Crippen molar-refractivity contribution in [2.45, 2.75) is 75.7 Å². The number of aromatic nitrogens is 3. The lowest BCUT2D eigenvalue weighted by Gasteiger charge is -2.33. The second kappa shape index (κ2) is 18.5. The Morgan fingerprint density at radius 3 is 1.93 bits per heavy atom. The molecule has 1 N–H and O–H groups in total. The van der Waals surface area contributed by atoms with Crippen molar-refractivity contribution in [3.63, 3.8) is 0 Å². The number of rotatable bonds is 10. The summed E-state index contributed by atoms with van der Waals surface area (Å²) in [6.07, 6.45) is 9.38. The number of fused-ring (bicyclic) bond motifs is 2. The minimum Gasteiger partial charge on any atom is -0.492 e. The molecule has 298 valence electrons. The molecule has 0 amide bonds. The number of esters is 1. The van der Waals surface area contributed by atoms with Crippen molar-refractivity contribution in [3.8, 4) is 5.75 Å². The fraction of sp³-hybridized carbons (Fsp3) is 0.372. The maximum atomic E-state index is 13.5. The number of anilines is 2. The zero-order valence-electron chi connectivity index (χ0n) is 31.6. The predicted molar refractivity (Wildman–Crippen MR) is 218 cm³/mol. The molecule has 6 aromatic rings. The molecule has 57 heavy (non-hydrogen) atoms. The molecule has 3 saturated heterocycles. The highest BCUT2D eigenvalue weighted by atomic mass is 35.5.